The Kier molecular flexibility index (Phi) is 3.37. The predicted molar refractivity (Wildman–Crippen MR) is 63.7 cm³/mol. The lowest BCUT2D eigenvalue weighted by Gasteiger charge is -2.12. The molecule has 1 aromatic carbocycles. The summed E-state index contributed by atoms with van der Waals surface area (Å²) in [5, 5.41) is 17.2. The van der Waals surface area contributed by atoms with Crippen LogP contribution in [-0.4, -0.2) is 26.1 Å². The number of fused-ring (bicyclic) bond motifs is 1. The van der Waals surface area contributed by atoms with Crippen molar-refractivity contribution in [2.45, 2.75) is 32.2 Å². The predicted octanol–water partition coefficient (Wildman–Crippen LogP) is 2.25. The van der Waals surface area contributed by atoms with Crippen LogP contribution >= 0.6 is 0 Å². The first-order chi connectivity index (χ1) is 8.24. The average Bonchev–Trinajstić information content (AvgIpc) is 2.73. The molecular weight excluding hydrogens is 218 g/mol. The minimum Gasteiger partial charge on any atom is -0.480 e. The van der Waals surface area contributed by atoms with Gasteiger partial charge in [-0.05, 0) is 18.6 Å². The van der Waals surface area contributed by atoms with Crippen LogP contribution in [0.2, 0.25) is 0 Å². The summed E-state index contributed by atoms with van der Waals surface area (Å²) < 4.78 is 1.51. The Morgan fingerprint density at radius 3 is 2.94 bits per heavy atom. The third-order valence-corrected chi connectivity index (χ3v) is 2.79. The van der Waals surface area contributed by atoms with Crippen molar-refractivity contribution in [2.75, 3.05) is 0 Å². The van der Waals surface area contributed by atoms with Gasteiger partial charge in [-0.15, -0.1) is 5.10 Å². The molecule has 0 fully saturated rings. The Morgan fingerprint density at radius 2 is 2.24 bits per heavy atom. The number of carboxylic acid groups (broad SMARTS) is 1. The van der Waals surface area contributed by atoms with Crippen LogP contribution in [0.25, 0.3) is 11.0 Å². The summed E-state index contributed by atoms with van der Waals surface area (Å²) in [7, 11) is 0. The molecule has 5 heteroatoms. The quantitative estimate of drug-likeness (QED) is 0.860. The van der Waals surface area contributed by atoms with Gasteiger partial charge in [-0.3, -0.25) is 0 Å². The highest BCUT2D eigenvalue weighted by molar-refractivity contribution is 5.78. The molecule has 2 rings (SSSR count). The van der Waals surface area contributed by atoms with E-state index in [1.807, 2.05) is 31.2 Å². The van der Waals surface area contributed by atoms with Gasteiger partial charge in [0.15, 0.2) is 6.04 Å². The van der Waals surface area contributed by atoms with E-state index in [0.29, 0.717) is 6.42 Å². The zero-order valence-electron chi connectivity index (χ0n) is 9.71. The van der Waals surface area contributed by atoms with Crippen LogP contribution in [0.1, 0.15) is 32.2 Å². The fourth-order valence-corrected chi connectivity index (χ4v) is 1.87. The molecule has 0 radical (unpaired) electrons. The number of benzene rings is 1. The molecule has 1 heterocycles. The number of aromatic nitrogens is 3. The topological polar surface area (TPSA) is 68.0 Å². The van der Waals surface area contributed by atoms with Crippen LogP contribution in [0.15, 0.2) is 24.3 Å². The Balaban J connectivity index is 2.38. The fraction of sp³-hybridized carbons (Fsp3) is 0.417. The van der Waals surface area contributed by atoms with Gasteiger partial charge in [-0.1, -0.05) is 37.1 Å². The first-order valence-corrected chi connectivity index (χ1v) is 5.76. The van der Waals surface area contributed by atoms with Gasteiger partial charge in [-0.2, -0.15) is 0 Å². The van der Waals surface area contributed by atoms with Gasteiger partial charge in [0, 0.05) is 0 Å². The number of para-hydroxylation sites is 1. The lowest BCUT2D eigenvalue weighted by molar-refractivity contribution is -0.141. The first-order valence-electron chi connectivity index (χ1n) is 5.76. The Labute approximate surface area is 99.1 Å². The number of hydrogen-bond acceptors (Lipinski definition) is 3. The van der Waals surface area contributed by atoms with Crippen LogP contribution in [0.3, 0.4) is 0 Å². The molecule has 1 aromatic heterocycles. The summed E-state index contributed by atoms with van der Waals surface area (Å²) in [5.41, 5.74) is 1.51. The van der Waals surface area contributed by atoms with E-state index in [9.17, 15) is 9.90 Å². The molecule has 0 spiro atoms. The number of rotatable bonds is 5. The molecule has 0 aliphatic rings. The Bertz CT molecular complexity index is 521. The van der Waals surface area contributed by atoms with Crippen molar-refractivity contribution in [3.63, 3.8) is 0 Å². The van der Waals surface area contributed by atoms with Crippen LogP contribution < -0.4 is 0 Å². The lowest BCUT2D eigenvalue weighted by Crippen LogP contribution is -2.20. The number of nitrogens with zero attached hydrogens (tertiary/aromatic N) is 3. The summed E-state index contributed by atoms with van der Waals surface area (Å²) in [6.07, 6.45) is 2.42. The molecule has 0 bridgehead atoms. The molecule has 1 atom stereocenters. The summed E-state index contributed by atoms with van der Waals surface area (Å²) in [6, 6.07) is 6.78. The highest BCUT2D eigenvalue weighted by Gasteiger charge is 2.22. The molecule has 0 aliphatic carbocycles. The maximum atomic E-state index is 11.3. The van der Waals surface area contributed by atoms with Crippen molar-refractivity contribution in [3.05, 3.63) is 24.3 Å². The van der Waals surface area contributed by atoms with Crippen molar-refractivity contribution in [3.8, 4) is 0 Å². The second kappa shape index (κ2) is 4.95. The van der Waals surface area contributed by atoms with Gasteiger partial charge in [0.1, 0.15) is 5.52 Å². The van der Waals surface area contributed by atoms with E-state index in [4.69, 9.17) is 0 Å². The van der Waals surface area contributed by atoms with Crippen molar-refractivity contribution < 1.29 is 9.90 Å². The van der Waals surface area contributed by atoms with Gasteiger partial charge in [0.05, 0.1) is 5.52 Å². The molecule has 1 unspecified atom stereocenters. The lowest BCUT2D eigenvalue weighted by atomic mass is 10.1. The maximum absolute atomic E-state index is 11.3. The van der Waals surface area contributed by atoms with E-state index < -0.39 is 12.0 Å². The Hall–Kier alpha value is -1.91. The molecule has 0 amide bonds. The second-order valence-electron chi connectivity index (χ2n) is 4.02. The molecule has 0 aliphatic heterocycles. The van der Waals surface area contributed by atoms with Crippen LogP contribution in [0.4, 0.5) is 0 Å². The number of carboxylic acids is 1. The summed E-state index contributed by atoms with van der Waals surface area (Å²) in [5.74, 6) is -0.853. The SMILES string of the molecule is CCCCC(C(=O)O)n1nnc2ccccc21. The zero-order chi connectivity index (χ0) is 12.3. The standard InChI is InChI=1S/C12H15N3O2/c1-2-3-7-11(12(16)17)15-10-8-5-4-6-9(10)13-14-15/h4-6,8,11H,2-3,7H2,1H3,(H,16,17). The minimum absolute atomic E-state index is 0.583. The van der Waals surface area contributed by atoms with Gasteiger partial charge in [0.2, 0.25) is 0 Å². The van der Waals surface area contributed by atoms with Crippen LogP contribution in [0, 0.1) is 0 Å². The van der Waals surface area contributed by atoms with E-state index in [1.54, 1.807) is 0 Å². The van der Waals surface area contributed by atoms with Crippen LogP contribution in [-0.2, 0) is 4.79 Å². The minimum atomic E-state index is -0.853. The molecule has 1 N–H and O–H groups in total. The maximum Gasteiger partial charge on any atom is 0.328 e. The third-order valence-electron chi connectivity index (χ3n) is 2.79. The normalized spacial score (nSPS) is 12.8. The second-order valence-corrected chi connectivity index (χ2v) is 4.02. The summed E-state index contributed by atoms with van der Waals surface area (Å²) >= 11 is 0. The van der Waals surface area contributed by atoms with Gasteiger partial charge >= 0.3 is 5.97 Å². The number of unbranched alkanes of at least 4 members (excludes halogenated alkanes) is 1. The average molecular weight is 233 g/mol. The van der Waals surface area contributed by atoms with Gasteiger partial charge in [0.25, 0.3) is 0 Å². The smallest absolute Gasteiger partial charge is 0.328 e. The van der Waals surface area contributed by atoms with E-state index in [0.717, 1.165) is 23.9 Å². The molecule has 0 saturated carbocycles. The highest BCUT2D eigenvalue weighted by atomic mass is 16.4. The molecule has 0 saturated heterocycles. The molecular formula is C12H15N3O2. The van der Waals surface area contributed by atoms with E-state index in [1.165, 1.54) is 4.68 Å². The number of hydrogen-bond donors (Lipinski definition) is 1. The van der Waals surface area contributed by atoms with Crippen LogP contribution in [0.5, 0.6) is 0 Å². The molecule has 90 valence electrons. The molecule has 17 heavy (non-hydrogen) atoms. The monoisotopic (exact) mass is 233 g/mol. The Morgan fingerprint density at radius 1 is 1.47 bits per heavy atom. The van der Waals surface area contributed by atoms with E-state index in [-0.39, 0.29) is 0 Å². The van der Waals surface area contributed by atoms with Crippen molar-refractivity contribution in [1.29, 1.82) is 0 Å². The van der Waals surface area contributed by atoms with Crippen molar-refractivity contribution in [1.82, 2.24) is 15.0 Å². The van der Waals surface area contributed by atoms with E-state index in [2.05, 4.69) is 10.3 Å². The first kappa shape index (κ1) is 11.6. The van der Waals surface area contributed by atoms with Gasteiger partial charge in [-0.25, -0.2) is 9.48 Å². The van der Waals surface area contributed by atoms with Crippen molar-refractivity contribution >= 4 is 17.0 Å². The zero-order valence-corrected chi connectivity index (χ0v) is 9.71. The fourth-order valence-electron chi connectivity index (χ4n) is 1.87. The molecule has 5 nitrogen and oxygen atoms in total. The van der Waals surface area contributed by atoms with Crippen molar-refractivity contribution in [2.24, 2.45) is 0 Å². The number of aliphatic carboxylic acids is 1. The summed E-state index contributed by atoms with van der Waals surface area (Å²) in [6.45, 7) is 2.04. The highest BCUT2D eigenvalue weighted by Crippen LogP contribution is 2.20. The van der Waals surface area contributed by atoms with E-state index >= 15 is 0 Å². The third kappa shape index (κ3) is 2.27. The number of carbonyl (C=O) groups is 1. The van der Waals surface area contributed by atoms with Gasteiger partial charge < -0.3 is 5.11 Å². The molecule has 2 aromatic rings. The largest absolute Gasteiger partial charge is 0.480 e. The summed E-state index contributed by atoms with van der Waals surface area (Å²) in [4.78, 5) is 11.3.